The summed E-state index contributed by atoms with van der Waals surface area (Å²) >= 11 is 0. The van der Waals surface area contributed by atoms with Gasteiger partial charge in [-0.15, -0.1) is 0 Å². The Hall–Kier alpha value is -1.85. The summed E-state index contributed by atoms with van der Waals surface area (Å²) < 4.78 is 29.5. The van der Waals surface area contributed by atoms with Crippen molar-refractivity contribution < 1.29 is 22.7 Å². The van der Waals surface area contributed by atoms with Gasteiger partial charge in [-0.1, -0.05) is 0 Å². The molecule has 7 nitrogen and oxygen atoms in total. The highest BCUT2D eigenvalue weighted by Gasteiger charge is 2.24. The first-order chi connectivity index (χ1) is 7.36. The van der Waals surface area contributed by atoms with Crippen molar-refractivity contribution in [2.75, 3.05) is 0 Å². The number of furan rings is 1. The molecule has 0 aliphatic heterocycles. The van der Waals surface area contributed by atoms with Gasteiger partial charge in [-0.2, -0.15) is 9.98 Å². The number of nitrogens with zero attached hydrogens (tertiary/aromatic N) is 1. The monoisotopic (exact) mass is 244 g/mol. The molecule has 1 aromatic rings. The van der Waals surface area contributed by atoms with Crippen molar-refractivity contribution in [2.24, 2.45) is 0 Å². The summed E-state index contributed by atoms with van der Waals surface area (Å²) in [5.74, 6) is -1.47. The second kappa shape index (κ2) is 4.34. The van der Waals surface area contributed by atoms with Gasteiger partial charge >= 0.3 is 5.97 Å². The van der Waals surface area contributed by atoms with E-state index in [2.05, 4.69) is 4.42 Å². The van der Waals surface area contributed by atoms with Crippen LogP contribution in [0.1, 0.15) is 12.7 Å². The van der Waals surface area contributed by atoms with Gasteiger partial charge in [-0.05, 0) is 19.1 Å². The van der Waals surface area contributed by atoms with E-state index >= 15 is 0 Å². The lowest BCUT2D eigenvalue weighted by atomic mass is 10.4. The van der Waals surface area contributed by atoms with E-state index in [1.54, 1.807) is 6.07 Å². The maximum absolute atomic E-state index is 11.5. The van der Waals surface area contributed by atoms with Crippen molar-refractivity contribution in [1.82, 2.24) is 4.72 Å². The Morgan fingerprint density at radius 2 is 2.25 bits per heavy atom. The molecule has 1 atom stereocenters. The zero-order chi connectivity index (χ0) is 12.3. The van der Waals surface area contributed by atoms with Gasteiger partial charge < -0.3 is 9.52 Å². The van der Waals surface area contributed by atoms with Gasteiger partial charge in [0, 0.05) is 0 Å². The highest BCUT2D eigenvalue weighted by Crippen LogP contribution is 2.13. The summed E-state index contributed by atoms with van der Waals surface area (Å²) in [5.41, 5.74) is 0. The summed E-state index contributed by atoms with van der Waals surface area (Å²) in [6, 6.07) is 2.60. The number of hydrogen-bond acceptors (Lipinski definition) is 5. The number of aliphatic carboxylic acids is 1. The van der Waals surface area contributed by atoms with Gasteiger partial charge in [0.25, 0.3) is 10.0 Å². The van der Waals surface area contributed by atoms with Gasteiger partial charge in [-0.3, -0.25) is 4.79 Å². The molecule has 86 valence electrons. The fourth-order valence-corrected chi connectivity index (χ4v) is 1.99. The molecule has 2 N–H and O–H groups in total. The number of rotatable bonds is 4. The molecule has 0 unspecified atom stereocenters. The van der Waals surface area contributed by atoms with E-state index in [0.29, 0.717) is 0 Å². The quantitative estimate of drug-likeness (QED) is 0.763. The highest BCUT2D eigenvalue weighted by atomic mass is 32.2. The SMILES string of the molecule is C[C@@H](NS(=O)(=O)c1ccc(C#N)o1)C(=O)O. The topological polar surface area (TPSA) is 120 Å². The maximum Gasteiger partial charge on any atom is 0.321 e. The number of sulfonamides is 1. The van der Waals surface area contributed by atoms with E-state index in [0.717, 1.165) is 6.07 Å². The van der Waals surface area contributed by atoms with Crippen molar-refractivity contribution >= 4 is 16.0 Å². The first-order valence-corrected chi connectivity index (χ1v) is 5.60. The Bertz CT molecular complexity index is 539. The smallest absolute Gasteiger partial charge is 0.321 e. The van der Waals surface area contributed by atoms with E-state index in [-0.39, 0.29) is 5.76 Å². The van der Waals surface area contributed by atoms with Crippen LogP contribution < -0.4 is 4.72 Å². The van der Waals surface area contributed by atoms with Gasteiger partial charge in [0.1, 0.15) is 12.1 Å². The largest absolute Gasteiger partial charge is 0.480 e. The lowest BCUT2D eigenvalue weighted by Gasteiger charge is -2.07. The first-order valence-electron chi connectivity index (χ1n) is 4.12. The van der Waals surface area contributed by atoms with E-state index in [1.807, 2.05) is 4.72 Å². The van der Waals surface area contributed by atoms with Crippen molar-refractivity contribution in [3.63, 3.8) is 0 Å². The molecule has 8 heteroatoms. The summed E-state index contributed by atoms with van der Waals surface area (Å²) in [5, 5.41) is 16.5. The van der Waals surface area contributed by atoms with Crippen LogP contribution in [0.25, 0.3) is 0 Å². The van der Waals surface area contributed by atoms with Crippen LogP contribution in [0.3, 0.4) is 0 Å². The number of hydrogen-bond donors (Lipinski definition) is 2. The molecule has 0 amide bonds. The van der Waals surface area contributed by atoms with Crippen LogP contribution >= 0.6 is 0 Å². The Balaban J connectivity index is 2.95. The lowest BCUT2D eigenvalue weighted by molar-refractivity contribution is -0.138. The van der Waals surface area contributed by atoms with Crippen molar-refractivity contribution in [3.8, 4) is 6.07 Å². The number of carboxylic acid groups (broad SMARTS) is 1. The van der Waals surface area contributed by atoms with Crippen molar-refractivity contribution in [2.45, 2.75) is 18.1 Å². The van der Waals surface area contributed by atoms with Gasteiger partial charge in [-0.25, -0.2) is 8.42 Å². The zero-order valence-electron chi connectivity index (χ0n) is 8.17. The Morgan fingerprint density at radius 3 is 2.69 bits per heavy atom. The molecule has 16 heavy (non-hydrogen) atoms. The number of carboxylic acids is 1. The van der Waals surface area contributed by atoms with E-state index < -0.39 is 27.1 Å². The number of carbonyl (C=O) groups is 1. The van der Waals surface area contributed by atoms with Crippen LogP contribution in [0.5, 0.6) is 0 Å². The second-order valence-electron chi connectivity index (χ2n) is 2.91. The third kappa shape index (κ3) is 2.59. The van der Waals surface area contributed by atoms with Crippen LogP contribution in [0.15, 0.2) is 21.6 Å². The normalized spacial score (nSPS) is 13.0. The summed E-state index contributed by atoms with van der Waals surface area (Å²) in [7, 11) is -4.04. The predicted octanol–water partition coefficient (Wildman–Crippen LogP) is -0.0973. The summed E-state index contributed by atoms with van der Waals surface area (Å²) in [6.45, 7) is 1.17. The highest BCUT2D eigenvalue weighted by molar-refractivity contribution is 7.89. The molecule has 1 rings (SSSR count). The van der Waals surface area contributed by atoms with Crippen LogP contribution in [0.2, 0.25) is 0 Å². The zero-order valence-corrected chi connectivity index (χ0v) is 8.98. The van der Waals surface area contributed by atoms with Gasteiger partial charge in [0.05, 0.1) is 0 Å². The minimum atomic E-state index is -4.04. The second-order valence-corrected chi connectivity index (χ2v) is 4.56. The van der Waals surface area contributed by atoms with Gasteiger partial charge in [0.15, 0.2) is 0 Å². The minimum absolute atomic E-state index is 0.164. The molecule has 0 spiro atoms. The Morgan fingerprint density at radius 1 is 1.62 bits per heavy atom. The summed E-state index contributed by atoms with van der Waals surface area (Å²) in [4.78, 5) is 10.5. The molecular weight excluding hydrogens is 236 g/mol. The standard InChI is InChI=1S/C8H8N2O5S/c1-5(8(11)12)10-16(13,14)7-3-2-6(4-9)15-7/h2-3,5,10H,1H3,(H,11,12)/t5-/m1/s1. The van der Waals surface area contributed by atoms with E-state index in [4.69, 9.17) is 10.4 Å². The Labute approximate surface area is 91.3 Å². The molecule has 0 saturated heterocycles. The van der Waals surface area contributed by atoms with E-state index in [9.17, 15) is 13.2 Å². The molecule has 0 radical (unpaired) electrons. The van der Waals surface area contributed by atoms with Crippen LogP contribution in [0.4, 0.5) is 0 Å². The maximum atomic E-state index is 11.5. The van der Waals surface area contributed by atoms with Crippen LogP contribution in [0, 0.1) is 11.3 Å². The molecule has 0 aromatic carbocycles. The van der Waals surface area contributed by atoms with E-state index in [1.165, 1.54) is 13.0 Å². The fraction of sp³-hybridized carbons (Fsp3) is 0.250. The first kappa shape index (κ1) is 12.2. The minimum Gasteiger partial charge on any atom is -0.480 e. The molecule has 1 heterocycles. The van der Waals surface area contributed by atoms with Crippen molar-refractivity contribution in [1.29, 1.82) is 5.26 Å². The number of nitriles is 1. The predicted molar refractivity (Wildman–Crippen MR) is 50.8 cm³/mol. The third-order valence-electron chi connectivity index (χ3n) is 1.66. The van der Waals surface area contributed by atoms with Gasteiger partial charge in [0.2, 0.25) is 10.9 Å². The third-order valence-corrected chi connectivity index (χ3v) is 3.07. The average molecular weight is 244 g/mol. The Kier molecular flexibility index (Phi) is 3.31. The molecule has 0 aliphatic carbocycles. The lowest BCUT2D eigenvalue weighted by Crippen LogP contribution is -2.38. The molecule has 1 aromatic heterocycles. The molecule has 0 saturated carbocycles. The van der Waals surface area contributed by atoms with Crippen LogP contribution in [-0.4, -0.2) is 25.5 Å². The number of nitrogens with one attached hydrogen (secondary N) is 1. The molecule has 0 aliphatic rings. The fourth-order valence-electron chi connectivity index (χ4n) is 0.866. The molecule has 0 bridgehead atoms. The molecule has 0 fully saturated rings. The summed E-state index contributed by atoms with van der Waals surface area (Å²) in [6.07, 6.45) is 0. The average Bonchev–Trinajstić information content (AvgIpc) is 2.65. The molecular formula is C8H8N2O5S. The van der Waals surface area contributed by atoms with Crippen LogP contribution in [-0.2, 0) is 14.8 Å². The van der Waals surface area contributed by atoms with Crippen molar-refractivity contribution in [3.05, 3.63) is 17.9 Å².